The molecule has 0 spiro atoms. The van der Waals surface area contributed by atoms with E-state index in [4.69, 9.17) is 40.1 Å². The van der Waals surface area contributed by atoms with Gasteiger partial charge in [0.2, 0.25) is 59.1 Å². The van der Waals surface area contributed by atoms with E-state index in [1.807, 2.05) is 0 Å². The molecule has 33 heteroatoms. The quantitative estimate of drug-likeness (QED) is 0.0252. The maximum absolute atomic E-state index is 14.4. The summed E-state index contributed by atoms with van der Waals surface area (Å²) in [5, 5.41) is 59.0. The molecule has 0 unspecified atom stereocenters. The Morgan fingerprint density at radius 2 is 0.814 bits per heavy atom. The van der Waals surface area contributed by atoms with Crippen LogP contribution in [0.3, 0.4) is 0 Å². The molecule has 0 aliphatic carbocycles. The van der Waals surface area contributed by atoms with E-state index in [0.29, 0.717) is 51.5 Å². The van der Waals surface area contributed by atoms with Crippen molar-refractivity contribution in [2.24, 2.45) is 40.1 Å². The number of unbranched alkanes of at least 4 members (excludes halogenated alkanes) is 5. The smallest absolute Gasteiger partial charge is 0.326 e. The molecule has 10 amide bonds. The molecule has 490 valence electrons. The Morgan fingerprint density at radius 3 is 1.24 bits per heavy atom. The van der Waals surface area contributed by atoms with Crippen LogP contribution in [0.1, 0.15) is 148 Å². The first-order valence-electron chi connectivity index (χ1n) is 29.4. The fraction of sp³-hybridized carbons (Fsp3) is 0.755. The Hall–Kier alpha value is -7.17. The standard InChI is InChI=1S/C53H96N16O17/c1-30(70)43(51(83)65-36(16-5-10-26-57)52(84)69-28-12-18-39(69)50(82)64-35(20-22-42(74)75)47(79)66-37(53(85)86)17-6-11-27-58)68-48(80)33(15-4-9-25-56)63-49(81)38(29-40(60)71)67-45(77)32(14-3-8-24-55)62-46(78)34(19-21-41(72)73)61-44(76)31(59)13-2-7-23-54/h30-39,43,70H,2-29,54-59H2,1H3,(H2,60,71)(H,61,76)(H,62,78)(H,63,81)(H,64,82)(H,65,83)(H,66,79)(H,67,77)(H,68,80)(H,72,73)(H,74,75)(H,85,86)/t30-,31+,32+,33+,34+,35+,36+,37+,38+,39+,43+/m1/s1. The fourth-order valence-electron chi connectivity index (χ4n) is 9.21. The van der Waals surface area contributed by atoms with Crippen molar-refractivity contribution in [3.05, 3.63) is 0 Å². The fourth-order valence-corrected chi connectivity index (χ4v) is 9.21. The van der Waals surface area contributed by atoms with Crippen LogP contribution in [0.5, 0.6) is 0 Å². The van der Waals surface area contributed by atoms with Crippen molar-refractivity contribution in [2.75, 3.05) is 39.3 Å². The lowest BCUT2D eigenvalue weighted by Crippen LogP contribution is -2.62. The molecule has 0 aromatic carbocycles. The van der Waals surface area contributed by atoms with Gasteiger partial charge in [0.05, 0.1) is 18.6 Å². The van der Waals surface area contributed by atoms with Gasteiger partial charge in [-0.05, 0) is 155 Å². The lowest BCUT2D eigenvalue weighted by Gasteiger charge is -2.31. The first-order chi connectivity index (χ1) is 40.8. The molecule has 0 bridgehead atoms. The molecule has 1 saturated heterocycles. The van der Waals surface area contributed by atoms with Crippen molar-refractivity contribution in [2.45, 2.75) is 215 Å². The van der Waals surface area contributed by atoms with Crippen molar-refractivity contribution in [1.29, 1.82) is 0 Å². The Kier molecular flexibility index (Phi) is 38.1. The summed E-state index contributed by atoms with van der Waals surface area (Å²) >= 11 is 0. The van der Waals surface area contributed by atoms with Crippen LogP contribution in [-0.4, -0.2) is 208 Å². The number of likely N-dealkylation sites (tertiary alicyclic amines) is 1. The van der Waals surface area contributed by atoms with Crippen molar-refractivity contribution in [3.63, 3.8) is 0 Å². The molecular formula is C53H96N16O17. The van der Waals surface area contributed by atoms with E-state index in [2.05, 4.69) is 42.5 Å². The minimum absolute atomic E-state index is 0.00392. The van der Waals surface area contributed by atoms with E-state index in [1.54, 1.807) is 0 Å². The second-order valence-electron chi connectivity index (χ2n) is 21.2. The van der Waals surface area contributed by atoms with Gasteiger partial charge in [-0.1, -0.05) is 6.42 Å². The maximum Gasteiger partial charge on any atom is 0.326 e. The number of nitrogens with two attached hydrogens (primary N) is 7. The van der Waals surface area contributed by atoms with Crippen LogP contribution in [0.2, 0.25) is 0 Å². The summed E-state index contributed by atoms with van der Waals surface area (Å²) in [5.41, 5.74) is 39.7. The summed E-state index contributed by atoms with van der Waals surface area (Å²) in [7, 11) is 0. The number of carboxylic acids is 3. The highest BCUT2D eigenvalue weighted by atomic mass is 16.4. The van der Waals surface area contributed by atoms with Crippen LogP contribution in [0.15, 0.2) is 0 Å². The molecule has 26 N–H and O–H groups in total. The van der Waals surface area contributed by atoms with Crippen LogP contribution in [0, 0.1) is 0 Å². The summed E-state index contributed by atoms with van der Waals surface area (Å²) < 4.78 is 0. The monoisotopic (exact) mass is 1230 g/mol. The van der Waals surface area contributed by atoms with Crippen LogP contribution in [0.25, 0.3) is 0 Å². The lowest BCUT2D eigenvalue weighted by atomic mass is 10.0. The van der Waals surface area contributed by atoms with Gasteiger partial charge in [-0.2, -0.15) is 0 Å². The molecule has 1 fully saturated rings. The van der Waals surface area contributed by atoms with E-state index >= 15 is 0 Å². The summed E-state index contributed by atoms with van der Waals surface area (Å²) in [6.45, 7) is 2.25. The molecule has 1 rings (SSSR count). The van der Waals surface area contributed by atoms with Gasteiger partial charge in [0.25, 0.3) is 0 Å². The molecule has 0 aromatic heterocycles. The predicted octanol–water partition coefficient (Wildman–Crippen LogP) is -6.10. The van der Waals surface area contributed by atoms with Crippen LogP contribution < -0.4 is 82.7 Å². The van der Waals surface area contributed by atoms with Crippen LogP contribution >= 0.6 is 0 Å². The number of nitrogens with zero attached hydrogens (tertiary/aromatic N) is 1. The average molecular weight is 1230 g/mol. The molecule has 86 heavy (non-hydrogen) atoms. The largest absolute Gasteiger partial charge is 0.481 e. The zero-order valence-corrected chi connectivity index (χ0v) is 49.2. The number of carboxylic acid groups (broad SMARTS) is 3. The van der Waals surface area contributed by atoms with E-state index < -0.39 is 176 Å². The molecule has 1 aliphatic heterocycles. The topological polar surface area (TPSA) is 584 Å². The van der Waals surface area contributed by atoms with Gasteiger partial charge in [-0.25, -0.2) is 4.79 Å². The summed E-state index contributed by atoms with van der Waals surface area (Å²) in [4.78, 5) is 174. The number of carbonyl (C=O) groups excluding carboxylic acids is 10. The number of hydrogen-bond acceptors (Lipinski definition) is 20. The van der Waals surface area contributed by atoms with Gasteiger partial charge in [-0.15, -0.1) is 0 Å². The van der Waals surface area contributed by atoms with E-state index in [-0.39, 0.29) is 96.9 Å². The van der Waals surface area contributed by atoms with E-state index in [1.165, 1.54) is 0 Å². The molecule has 11 atom stereocenters. The number of primary amides is 1. The van der Waals surface area contributed by atoms with Crippen molar-refractivity contribution in [3.8, 4) is 0 Å². The highest BCUT2D eigenvalue weighted by molar-refractivity contribution is 5.99. The van der Waals surface area contributed by atoms with Gasteiger partial charge in [-0.3, -0.25) is 57.5 Å². The SMILES string of the molecule is C[C@@H](O)[C@H](NC(=O)[C@H](CCCCN)NC(=O)[C@H](CC(N)=O)NC(=O)[C@H](CCCCN)NC(=O)[C@H](CCC(=O)O)NC(=O)[C@@H](N)CCCCN)C(=O)N[C@@H](CCCCN)C(=O)N1CCC[C@H]1C(=O)N[C@@H](CCC(=O)O)C(=O)N[C@@H](CCCCN)C(=O)O. The molecule has 1 heterocycles. The third kappa shape index (κ3) is 29.8. The number of nitrogens with one attached hydrogen (secondary N) is 8. The van der Waals surface area contributed by atoms with Gasteiger partial charge in [0, 0.05) is 19.4 Å². The number of aliphatic hydroxyl groups is 1. The minimum atomic E-state index is -1.83. The summed E-state index contributed by atoms with van der Waals surface area (Å²) in [5.74, 6) is -13.8. The first kappa shape index (κ1) is 76.8. The normalized spacial score (nSPS) is 16.4. The summed E-state index contributed by atoms with van der Waals surface area (Å²) in [6.07, 6.45) is -0.779. The lowest BCUT2D eigenvalue weighted by molar-refractivity contribution is -0.144. The molecule has 33 nitrogen and oxygen atoms in total. The van der Waals surface area contributed by atoms with Gasteiger partial charge < -0.3 is 108 Å². The Labute approximate surface area is 500 Å². The number of aliphatic carboxylic acids is 3. The highest BCUT2D eigenvalue weighted by Crippen LogP contribution is 2.21. The zero-order chi connectivity index (χ0) is 64.9. The summed E-state index contributed by atoms with van der Waals surface area (Å²) in [6, 6.07) is -14.8. The van der Waals surface area contributed by atoms with Crippen LogP contribution in [-0.2, 0) is 62.3 Å². The van der Waals surface area contributed by atoms with Crippen molar-refractivity contribution < 1.29 is 82.8 Å². The second-order valence-corrected chi connectivity index (χ2v) is 21.2. The van der Waals surface area contributed by atoms with Gasteiger partial charge in [0.1, 0.15) is 54.4 Å². The van der Waals surface area contributed by atoms with E-state index in [0.717, 1.165) is 11.8 Å². The first-order valence-corrected chi connectivity index (χ1v) is 29.4. The molecule has 0 saturated carbocycles. The molecule has 0 aromatic rings. The predicted molar refractivity (Wildman–Crippen MR) is 310 cm³/mol. The molecule has 1 aliphatic rings. The number of carbonyl (C=O) groups is 13. The Morgan fingerprint density at radius 1 is 0.453 bits per heavy atom. The van der Waals surface area contributed by atoms with Crippen molar-refractivity contribution >= 4 is 77.0 Å². The molecule has 0 radical (unpaired) electrons. The highest BCUT2D eigenvalue weighted by Gasteiger charge is 2.41. The maximum atomic E-state index is 14.4. The average Bonchev–Trinajstić information content (AvgIpc) is 3.66. The Bertz CT molecular complexity index is 2230. The number of aliphatic hydroxyl groups excluding tert-OH is 1. The third-order valence-corrected chi connectivity index (χ3v) is 14.1. The number of rotatable bonds is 47. The van der Waals surface area contributed by atoms with Crippen molar-refractivity contribution in [1.82, 2.24) is 47.4 Å². The zero-order valence-electron chi connectivity index (χ0n) is 49.2. The van der Waals surface area contributed by atoms with Gasteiger partial charge >= 0.3 is 17.9 Å². The minimum Gasteiger partial charge on any atom is -0.481 e. The third-order valence-electron chi connectivity index (χ3n) is 14.1. The molecular weight excluding hydrogens is 1130 g/mol. The Balaban J connectivity index is 3.53. The number of hydrogen-bond donors (Lipinski definition) is 19. The van der Waals surface area contributed by atoms with E-state index in [9.17, 15) is 82.8 Å². The van der Waals surface area contributed by atoms with Crippen LogP contribution in [0.4, 0.5) is 0 Å². The van der Waals surface area contributed by atoms with Gasteiger partial charge in [0.15, 0.2) is 0 Å². The second kappa shape index (κ2) is 42.6. The number of amides is 10.